The summed E-state index contributed by atoms with van der Waals surface area (Å²) < 4.78 is 33.3. The third kappa shape index (κ3) is 3.38. The SMILES string of the molecule is COc1ccc(-c2cnc(-c3ccc(S(=O)(=O)Cl)cc3)o2)cc1. The molecule has 7 heteroatoms. The maximum absolute atomic E-state index is 11.2. The maximum atomic E-state index is 11.2. The summed E-state index contributed by atoms with van der Waals surface area (Å²) in [5.41, 5.74) is 1.53. The van der Waals surface area contributed by atoms with E-state index >= 15 is 0 Å². The number of hydrogen-bond acceptors (Lipinski definition) is 5. The van der Waals surface area contributed by atoms with Crippen LogP contribution in [0.5, 0.6) is 5.75 Å². The first-order valence-electron chi connectivity index (χ1n) is 6.63. The first-order valence-corrected chi connectivity index (χ1v) is 8.93. The second kappa shape index (κ2) is 6.06. The van der Waals surface area contributed by atoms with E-state index in [4.69, 9.17) is 19.8 Å². The number of ether oxygens (including phenoxy) is 1. The van der Waals surface area contributed by atoms with Crippen molar-refractivity contribution in [3.63, 3.8) is 0 Å². The van der Waals surface area contributed by atoms with Crippen LogP contribution < -0.4 is 4.74 Å². The van der Waals surface area contributed by atoms with Crippen LogP contribution in [0.25, 0.3) is 22.8 Å². The molecule has 0 N–H and O–H groups in total. The standard InChI is InChI=1S/C16H12ClNO4S/c1-21-13-6-2-11(3-7-13)15-10-18-16(22-15)12-4-8-14(9-5-12)23(17,19)20/h2-10H,1H3. The van der Waals surface area contributed by atoms with Crippen molar-refractivity contribution in [2.24, 2.45) is 0 Å². The van der Waals surface area contributed by atoms with Gasteiger partial charge >= 0.3 is 0 Å². The smallest absolute Gasteiger partial charge is 0.261 e. The van der Waals surface area contributed by atoms with Crippen LogP contribution in [0.1, 0.15) is 0 Å². The second-order valence-corrected chi connectivity index (χ2v) is 7.29. The highest BCUT2D eigenvalue weighted by atomic mass is 35.7. The first kappa shape index (κ1) is 15.6. The van der Waals surface area contributed by atoms with Gasteiger partial charge in [0.05, 0.1) is 18.2 Å². The van der Waals surface area contributed by atoms with Gasteiger partial charge in [0.15, 0.2) is 5.76 Å². The molecule has 3 rings (SSSR count). The minimum absolute atomic E-state index is 0.0323. The Bertz CT molecular complexity index is 915. The van der Waals surface area contributed by atoms with Crippen LogP contribution in [-0.4, -0.2) is 20.5 Å². The lowest BCUT2D eigenvalue weighted by atomic mass is 10.2. The van der Waals surface area contributed by atoms with E-state index in [9.17, 15) is 8.42 Å². The van der Waals surface area contributed by atoms with E-state index in [0.717, 1.165) is 11.3 Å². The molecule has 118 valence electrons. The summed E-state index contributed by atoms with van der Waals surface area (Å²) in [4.78, 5) is 4.25. The van der Waals surface area contributed by atoms with Crippen LogP contribution in [0.15, 0.2) is 64.0 Å². The van der Waals surface area contributed by atoms with E-state index in [1.807, 2.05) is 24.3 Å². The molecule has 0 aliphatic rings. The Labute approximate surface area is 137 Å². The van der Waals surface area contributed by atoms with Gasteiger partial charge in [0, 0.05) is 21.8 Å². The van der Waals surface area contributed by atoms with Gasteiger partial charge in [0.2, 0.25) is 5.89 Å². The molecule has 0 saturated heterocycles. The van der Waals surface area contributed by atoms with E-state index in [2.05, 4.69) is 4.98 Å². The molecule has 0 unspecified atom stereocenters. The molecule has 0 aliphatic carbocycles. The lowest BCUT2D eigenvalue weighted by Gasteiger charge is -2.00. The molecule has 0 radical (unpaired) electrons. The number of halogens is 1. The molecule has 0 saturated carbocycles. The van der Waals surface area contributed by atoms with Crippen molar-refractivity contribution < 1.29 is 17.6 Å². The van der Waals surface area contributed by atoms with Crippen LogP contribution in [0.4, 0.5) is 0 Å². The zero-order valence-corrected chi connectivity index (χ0v) is 13.6. The largest absolute Gasteiger partial charge is 0.497 e. The van der Waals surface area contributed by atoms with Crippen LogP contribution in [-0.2, 0) is 9.05 Å². The summed E-state index contributed by atoms with van der Waals surface area (Å²) in [5, 5.41) is 0. The Kier molecular flexibility index (Phi) is 4.11. The summed E-state index contributed by atoms with van der Waals surface area (Å²) in [6.07, 6.45) is 1.61. The van der Waals surface area contributed by atoms with Gasteiger partial charge in [-0.1, -0.05) is 0 Å². The molecule has 0 atom stereocenters. The lowest BCUT2D eigenvalue weighted by molar-refractivity contribution is 0.415. The van der Waals surface area contributed by atoms with E-state index in [1.165, 1.54) is 12.1 Å². The number of aromatic nitrogens is 1. The van der Waals surface area contributed by atoms with E-state index in [-0.39, 0.29) is 4.90 Å². The fraction of sp³-hybridized carbons (Fsp3) is 0.0625. The molecule has 0 spiro atoms. The van der Waals surface area contributed by atoms with Gasteiger partial charge in [-0.3, -0.25) is 0 Å². The highest BCUT2D eigenvalue weighted by molar-refractivity contribution is 8.13. The Balaban J connectivity index is 1.89. The van der Waals surface area contributed by atoms with Crippen molar-refractivity contribution >= 4 is 19.7 Å². The minimum atomic E-state index is -3.74. The number of benzene rings is 2. The zero-order chi connectivity index (χ0) is 16.4. The number of oxazole rings is 1. The number of rotatable bonds is 4. The fourth-order valence-electron chi connectivity index (χ4n) is 2.06. The van der Waals surface area contributed by atoms with Crippen molar-refractivity contribution in [1.82, 2.24) is 4.98 Å². The second-order valence-electron chi connectivity index (χ2n) is 4.72. The number of nitrogens with zero attached hydrogens (tertiary/aromatic N) is 1. The topological polar surface area (TPSA) is 69.4 Å². The van der Waals surface area contributed by atoms with Crippen LogP contribution in [0.3, 0.4) is 0 Å². The molecule has 1 heterocycles. The third-order valence-corrected chi connectivity index (χ3v) is 4.63. The molecule has 0 aliphatic heterocycles. The predicted molar refractivity (Wildman–Crippen MR) is 87.0 cm³/mol. The quantitative estimate of drug-likeness (QED) is 0.667. The molecule has 23 heavy (non-hydrogen) atoms. The van der Waals surface area contributed by atoms with Gasteiger partial charge in [-0.25, -0.2) is 13.4 Å². The lowest BCUT2D eigenvalue weighted by Crippen LogP contribution is -1.89. The Hall–Kier alpha value is -2.31. The third-order valence-electron chi connectivity index (χ3n) is 3.26. The normalized spacial score (nSPS) is 11.4. The Morgan fingerprint density at radius 3 is 2.17 bits per heavy atom. The number of methoxy groups -OCH3 is 1. The highest BCUT2D eigenvalue weighted by Gasteiger charge is 2.12. The van der Waals surface area contributed by atoms with Crippen molar-refractivity contribution in [2.45, 2.75) is 4.90 Å². The molecule has 1 aromatic heterocycles. The summed E-state index contributed by atoms with van der Waals surface area (Å²) in [5.74, 6) is 1.76. The van der Waals surface area contributed by atoms with Crippen LogP contribution >= 0.6 is 10.7 Å². The monoisotopic (exact) mass is 349 g/mol. The maximum Gasteiger partial charge on any atom is 0.261 e. The van der Waals surface area contributed by atoms with Crippen molar-refractivity contribution in [3.8, 4) is 28.5 Å². The Morgan fingerprint density at radius 2 is 1.61 bits per heavy atom. The first-order chi connectivity index (χ1) is 11.0. The summed E-state index contributed by atoms with van der Waals surface area (Å²) in [6, 6.07) is 13.4. The van der Waals surface area contributed by atoms with E-state index in [0.29, 0.717) is 17.2 Å². The van der Waals surface area contributed by atoms with Crippen LogP contribution in [0.2, 0.25) is 0 Å². The summed E-state index contributed by atoms with van der Waals surface area (Å²) in [7, 11) is 3.16. The average Bonchev–Trinajstić information content (AvgIpc) is 3.04. The molecule has 0 bridgehead atoms. The molecule has 0 amide bonds. The van der Waals surface area contributed by atoms with Crippen LogP contribution in [0, 0.1) is 0 Å². The molecule has 0 fully saturated rings. The van der Waals surface area contributed by atoms with Crippen molar-refractivity contribution in [1.29, 1.82) is 0 Å². The summed E-state index contributed by atoms with van der Waals surface area (Å²) in [6.45, 7) is 0. The van der Waals surface area contributed by atoms with Gasteiger partial charge in [-0.05, 0) is 48.5 Å². The van der Waals surface area contributed by atoms with Gasteiger partial charge in [-0.15, -0.1) is 0 Å². The van der Waals surface area contributed by atoms with E-state index in [1.54, 1.807) is 25.4 Å². The van der Waals surface area contributed by atoms with E-state index < -0.39 is 9.05 Å². The van der Waals surface area contributed by atoms with Crippen molar-refractivity contribution in [2.75, 3.05) is 7.11 Å². The summed E-state index contributed by atoms with van der Waals surface area (Å²) >= 11 is 0. The average molecular weight is 350 g/mol. The molecule has 5 nitrogen and oxygen atoms in total. The number of hydrogen-bond donors (Lipinski definition) is 0. The Morgan fingerprint density at radius 1 is 1.00 bits per heavy atom. The van der Waals surface area contributed by atoms with Gasteiger partial charge < -0.3 is 9.15 Å². The molecular formula is C16H12ClNO4S. The molecular weight excluding hydrogens is 338 g/mol. The van der Waals surface area contributed by atoms with Crippen molar-refractivity contribution in [3.05, 3.63) is 54.7 Å². The minimum Gasteiger partial charge on any atom is -0.497 e. The van der Waals surface area contributed by atoms with Gasteiger partial charge in [0.25, 0.3) is 9.05 Å². The predicted octanol–water partition coefficient (Wildman–Crippen LogP) is 3.94. The molecule has 3 aromatic rings. The fourth-order valence-corrected chi connectivity index (χ4v) is 2.83. The molecule has 2 aromatic carbocycles. The zero-order valence-electron chi connectivity index (χ0n) is 12.1. The van der Waals surface area contributed by atoms with Gasteiger partial charge in [-0.2, -0.15) is 0 Å². The highest BCUT2D eigenvalue weighted by Crippen LogP contribution is 2.28. The van der Waals surface area contributed by atoms with Gasteiger partial charge in [0.1, 0.15) is 5.75 Å².